The lowest BCUT2D eigenvalue weighted by Gasteiger charge is -2.11. The normalized spacial score (nSPS) is 13.5. The van der Waals surface area contributed by atoms with Gasteiger partial charge in [-0.1, -0.05) is 24.3 Å². The van der Waals surface area contributed by atoms with Crippen LogP contribution in [0, 0.1) is 0 Å². The molecule has 0 bridgehead atoms. The SMILES string of the molecule is c1ccc2c(c1)Cc1cc3c(cc1-2)Cc1cc2c(cc1-3)c1cccnc1n1c3ncccc3nc21. The van der Waals surface area contributed by atoms with Crippen LogP contribution < -0.4 is 0 Å². The van der Waals surface area contributed by atoms with Crippen molar-refractivity contribution in [2.75, 3.05) is 0 Å². The zero-order chi connectivity index (χ0) is 22.7. The summed E-state index contributed by atoms with van der Waals surface area (Å²) in [6, 6.07) is 26.6. The van der Waals surface area contributed by atoms with E-state index in [4.69, 9.17) is 9.97 Å². The van der Waals surface area contributed by atoms with Crippen LogP contribution in [0.3, 0.4) is 0 Å². The molecular formula is C31H18N4. The van der Waals surface area contributed by atoms with Crippen molar-refractivity contribution >= 4 is 38.6 Å². The largest absolute Gasteiger partial charge is 0.260 e. The van der Waals surface area contributed by atoms with Gasteiger partial charge < -0.3 is 0 Å². The van der Waals surface area contributed by atoms with E-state index in [0.29, 0.717) is 0 Å². The van der Waals surface area contributed by atoms with Crippen molar-refractivity contribution in [1.29, 1.82) is 0 Å². The fraction of sp³-hybridized carbons (Fsp3) is 0.0645. The van der Waals surface area contributed by atoms with Crippen LogP contribution in [0.4, 0.5) is 0 Å². The Morgan fingerprint density at radius 3 is 2.14 bits per heavy atom. The third-order valence-electron chi connectivity index (χ3n) is 7.88. The average Bonchev–Trinajstić information content (AvgIpc) is 3.57. The molecule has 0 saturated carbocycles. The molecule has 4 nitrogen and oxygen atoms in total. The summed E-state index contributed by atoms with van der Waals surface area (Å²) in [6.45, 7) is 0. The third kappa shape index (κ3) is 2.20. The lowest BCUT2D eigenvalue weighted by Crippen LogP contribution is -1.95. The number of rotatable bonds is 0. The third-order valence-corrected chi connectivity index (χ3v) is 7.88. The van der Waals surface area contributed by atoms with Crippen molar-refractivity contribution in [3.8, 4) is 22.3 Å². The second-order valence-electron chi connectivity index (χ2n) is 9.72. The lowest BCUT2D eigenvalue weighted by atomic mass is 9.96. The molecule has 4 heteroatoms. The molecule has 0 atom stereocenters. The number of nitrogens with zero attached hydrogens (tertiary/aromatic N) is 4. The molecule has 0 saturated heterocycles. The number of hydrogen-bond acceptors (Lipinski definition) is 3. The molecule has 2 aliphatic carbocycles. The molecule has 4 heterocycles. The average molecular weight is 447 g/mol. The Balaban J connectivity index is 1.37. The topological polar surface area (TPSA) is 43.1 Å². The van der Waals surface area contributed by atoms with Gasteiger partial charge in [-0.3, -0.25) is 4.40 Å². The van der Waals surface area contributed by atoms with E-state index in [9.17, 15) is 0 Å². The molecule has 0 unspecified atom stereocenters. The van der Waals surface area contributed by atoms with Crippen molar-refractivity contribution in [3.05, 3.63) is 107 Å². The van der Waals surface area contributed by atoms with Crippen molar-refractivity contribution in [2.24, 2.45) is 0 Å². The number of imidazole rings is 1. The highest BCUT2D eigenvalue weighted by Crippen LogP contribution is 2.46. The fourth-order valence-electron chi connectivity index (χ4n) is 6.36. The first-order valence-corrected chi connectivity index (χ1v) is 12.0. The van der Waals surface area contributed by atoms with Crippen molar-refractivity contribution in [2.45, 2.75) is 12.8 Å². The maximum atomic E-state index is 5.00. The standard InChI is InChI=1S/C31H18N4/c1-2-6-21-17(5-1)11-18-14-24-19(13-23(18)21)12-20-15-27-26(16-25(20)24)22-7-3-9-32-29(22)35-30(27)34-28-8-4-10-33-31(28)35/h1-10,13-16H,11-12H2. The van der Waals surface area contributed by atoms with Gasteiger partial charge in [0.1, 0.15) is 16.8 Å². The van der Waals surface area contributed by atoms with Gasteiger partial charge in [-0.25, -0.2) is 15.0 Å². The number of pyridine rings is 3. The van der Waals surface area contributed by atoms with Gasteiger partial charge in [-0.05, 0) is 111 Å². The molecule has 0 amide bonds. The quantitative estimate of drug-likeness (QED) is 0.243. The van der Waals surface area contributed by atoms with Crippen LogP contribution in [0.1, 0.15) is 22.3 Å². The van der Waals surface area contributed by atoms with E-state index in [1.54, 1.807) is 0 Å². The van der Waals surface area contributed by atoms with Crippen LogP contribution in [-0.4, -0.2) is 19.4 Å². The molecule has 4 aromatic heterocycles. The van der Waals surface area contributed by atoms with Crippen molar-refractivity contribution in [1.82, 2.24) is 19.4 Å². The van der Waals surface area contributed by atoms with Gasteiger partial charge in [0.15, 0.2) is 5.65 Å². The van der Waals surface area contributed by atoms with E-state index in [-0.39, 0.29) is 0 Å². The molecule has 35 heavy (non-hydrogen) atoms. The molecule has 9 rings (SSSR count). The summed E-state index contributed by atoms with van der Waals surface area (Å²) in [5.41, 5.74) is 14.7. The first kappa shape index (κ1) is 17.8. The van der Waals surface area contributed by atoms with Gasteiger partial charge in [0.25, 0.3) is 0 Å². The van der Waals surface area contributed by atoms with Crippen LogP contribution in [0.2, 0.25) is 0 Å². The Kier molecular flexibility index (Phi) is 3.11. The Hall–Kier alpha value is -4.57. The fourth-order valence-corrected chi connectivity index (χ4v) is 6.36. The maximum absolute atomic E-state index is 5.00. The van der Waals surface area contributed by atoms with Crippen LogP contribution in [0.25, 0.3) is 60.9 Å². The number of aromatic nitrogens is 4. The zero-order valence-corrected chi connectivity index (χ0v) is 18.8. The summed E-state index contributed by atoms with van der Waals surface area (Å²) in [6.07, 6.45) is 5.65. The van der Waals surface area contributed by atoms with Gasteiger partial charge in [-0.15, -0.1) is 0 Å². The predicted octanol–water partition coefficient (Wildman–Crippen LogP) is 6.73. The first-order valence-electron chi connectivity index (χ1n) is 12.0. The summed E-state index contributed by atoms with van der Waals surface area (Å²) < 4.78 is 2.12. The Morgan fingerprint density at radius 2 is 1.23 bits per heavy atom. The minimum atomic E-state index is 0.854. The smallest absolute Gasteiger partial charge is 0.166 e. The monoisotopic (exact) mass is 446 g/mol. The van der Waals surface area contributed by atoms with Gasteiger partial charge in [0, 0.05) is 23.2 Å². The van der Waals surface area contributed by atoms with Crippen LogP contribution in [0.15, 0.2) is 85.2 Å². The highest BCUT2D eigenvalue weighted by Gasteiger charge is 2.26. The number of benzene rings is 3. The van der Waals surface area contributed by atoms with Crippen LogP contribution >= 0.6 is 0 Å². The van der Waals surface area contributed by atoms with E-state index in [2.05, 4.69) is 64.0 Å². The van der Waals surface area contributed by atoms with E-state index >= 15 is 0 Å². The van der Waals surface area contributed by atoms with E-state index in [1.807, 2.05) is 30.6 Å². The predicted molar refractivity (Wildman–Crippen MR) is 140 cm³/mol. The molecule has 0 spiro atoms. The van der Waals surface area contributed by atoms with Crippen LogP contribution in [0.5, 0.6) is 0 Å². The molecular weight excluding hydrogens is 428 g/mol. The summed E-state index contributed by atoms with van der Waals surface area (Å²) in [5, 5.41) is 3.49. The minimum absolute atomic E-state index is 0.854. The molecule has 162 valence electrons. The molecule has 0 N–H and O–H groups in total. The van der Waals surface area contributed by atoms with Gasteiger partial charge >= 0.3 is 0 Å². The van der Waals surface area contributed by atoms with E-state index in [0.717, 1.165) is 46.1 Å². The van der Waals surface area contributed by atoms with Crippen molar-refractivity contribution < 1.29 is 0 Å². The van der Waals surface area contributed by atoms with E-state index in [1.165, 1.54) is 49.9 Å². The van der Waals surface area contributed by atoms with Gasteiger partial charge in [-0.2, -0.15) is 0 Å². The van der Waals surface area contributed by atoms with E-state index < -0.39 is 0 Å². The van der Waals surface area contributed by atoms with Gasteiger partial charge in [0.2, 0.25) is 0 Å². The summed E-state index contributed by atoms with van der Waals surface area (Å²) >= 11 is 0. The second kappa shape index (κ2) is 6.10. The van der Waals surface area contributed by atoms with Crippen LogP contribution in [-0.2, 0) is 12.8 Å². The lowest BCUT2D eigenvalue weighted by molar-refractivity contribution is 1.19. The molecule has 0 radical (unpaired) electrons. The molecule has 7 aromatic rings. The number of hydrogen-bond donors (Lipinski definition) is 0. The minimum Gasteiger partial charge on any atom is -0.260 e. The van der Waals surface area contributed by atoms with Gasteiger partial charge in [0.05, 0.1) is 0 Å². The highest BCUT2D eigenvalue weighted by molar-refractivity contribution is 6.14. The summed E-state index contributed by atoms with van der Waals surface area (Å²) in [7, 11) is 0. The van der Waals surface area contributed by atoms with Crippen molar-refractivity contribution in [3.63, 3.8) is 0 Å². The molecule has 3 aromatic carbocycles. The molecule has 0 fully saturated rings. The number of fused-ring (bicyclic) bond motifs is 14. The zero-order valence-electron chi connectivity index (χ0n) is 18.8. The maximum Gasteiger partial charge on any atom is 0.166 e. The molecule has 0 aliphatic heterocycles. The Bertz CT molecular complexity index is 2070. The second-order valence-corrected chi connectivity index (χ2v) is 9.72. The Labute approximate surface area is 200 Å². The molecule has 2 aliphatic rings. The first-order chi connectivity index (χ1) is 17.3. The summed E-state index contributed by atoms with van der Waals surface area (Å²) in [4.78, 5) is 14.4. The Morgan fingerprint density at radius 1 is 0.514 bits per heavy atom. The summed E-state index contributed by atoms with van der Waals surface area (Å²) in [5.74, 6) is 0. The highest BCUT2D eigenvalue weighted by atomic mass is 15.1.